The second kappa shape index (κ2) is 4.74. The van der Waals surface area contributed by atoms with Gasteiger partial charge in [-0.05, 0) is 6.07 Å². The maximum Gasteiger partial charge on any atom is 0.343 e. The summed E-state index contributed by atoms with van der Waals surface area (Å²) in [5.74, 6) is -0.300. The first kappa shape index (κ1) is 11.9. The van der Waals surface area contributed by atoms with Crippen LogP contribution in [0.5, 0.6) is 5.75 Å². The standard InChI is InChI=1S/C11H10N2O5/c1-17-10(14)6-18-9-5-12-7-3-2-4-8(11(7)9)13(15)16/h2-5,12H,6H2,1H3. The Hall–Kier alpha value is -2.57. The fraction of sp³-hybridized carbons (Fsp3) is 0.182. The Bertz CT molecular complexity index is 604. The highest BCUT2D eigenvalue weighted by Crippen LogP contribution is 2.33. The lowest BCUT2D eigenvalue weighted by molar-refractivity contribution is -0.383. The predicted molar refractivity (Wildman–Crippen MR) is 62.5 cm³/mol. The predicted octanol–water partition coefficient (Wildman–Crippen LogP) is 1.63. The van der Waals surface area contributed by atoms with Crippen LogP contribution in [0.15, 0.2) is 24.4 Å². The molecule has 1 N–H and O–H groups in total. The maximum atomic E-state index is 11.0. The molecule has 18 heavy (non-hydrogen) atoms. The molecule has 1 heterocycles. The van der Waals surface area contributed by atoms with Gasteiger partial charge in [0.1, 0.15) is 5.39 Å². The number of carbonyl (C=O) groups is 1. The summed E-state index contributed by atoms with van der Waals surface area (Å²) in [5.41, 5.74) is 0.498. The molecule has 2 rings (SSSR count). The summed E-state index contributed by atoms with van der Waals surface area (Å²) in [6, 6.07) is 4.63. The minimum Gasteiger partial charge on any atom is -0.479 e. The molecule has 0 aliphatic carbocycles. The maximum absolute atomic E-state index is 11.0. The second-order valence-corrected chi connectivity index (χ2v) is 3.47. The lowest BCUT2D eigenvalue weighted by Gasteiger charge is -2.03. The van der Waals surface area contributed by atoms with Crippen molar-refractivity contribution in [2.45, 2.75) is 0 Å². The molecule has 0 amide bonds. The molecule has 1 aromatic carbocycles. The fourth-order valence-corrected chi connectivity index (χ4v) is 1.60. The number of non-ortho nitro benzene ring substituents is 1. The van der Waals surface area contributed by atoms with Crippen LogP contribution in [0.25, 0.3) is 10.9 Å². The van der Waals surface area contributed by atoms with E-state index in [2.05, 4.69) is 9.72 Å². The number of esters is 1. The van der Waals surface area contributed by atoms with E-state index < -0.39 is 10.9 Å². The Morgan fingerprint density at radius 1 is 1.50 bits per heavy atom. The van der Waals surface area contributed by atoms with Crippen molar-refractivity contribution in [3.63, 3.8) is 0 Å². The summed E-state index contributed by atoms with van der Waals surface area (Å²) in [7, 11) is 1.24. The van der Waals surface area contributed by atoms with Crippen LogP contribution in [-0.4, -0.2) is 29.6 Å². The Labute approximate surface area is 101 Å². The van der Waals surface area contributed by atoms with Gasteiger partial charge in [0.25, 0.3) is 5.69 Å². The number of fused-ring (bicyclic) bond motifs is 1. The summed E-state index contributed by atoms with van der Waals surface area (Å²) < 4.78 is 9.62. The van der Waals surface area contributed by atoms with Gasteiger partial charge in [-0.25, -0.2) is 4.79 Å². The number of benzene rings is 1. The van der Waals surface area contributed by atoms with Crippen molar-refractivity contribution in [3.8, 4) is 5.75 Å². The smallest absolute Gasteiger partial charge is 0.343 e. The summed E-state index contributed by atoms with van der Waals surface area (Å²) >= 11 is 0. The van der Waals surface area contributed by atoms with Gasteiger partial charge in [0.2, 0.25) is 0 Å². The number of methoxy groups -OCH3 is 1. The molecule has 0 atom stereocenters. The molecule has 94 valence electrons. The Balaban J connectivity index is 2.39. The summed E-state index contributed by atoms with van der Waals surface area (Å²) in [5, 5.41) is 11.2. The molecule has 0 spiro atoms. The van der Waals surface area contributed by atoms with Crippen LogP contribution in [0.2, 0.25) is 0 Å². The third-order valence-electron chi connectivity index (χ3n) is 2.42. The molecule has 7 heteroatoms. The first-order valence-corrected chi connectivity index (χ1v) is 5.07. The van der Waals surface area contributed by atoms with E-state index in [0.717, 1.165) is 0 Å². The monoisotopic (exact) mass is 250 g/mol. The second-order valence-electron chi connectivity index (χ2n) is 3.47. The molecule has 2 aromatic rings. The Morgan fingerprint density at radius 3 is 2.94 bits per heavy atom. The topological polar surface area (TPSA) is 94.5 Å². The lowest BCUT2D eigenvalue weighted by atomic mass is 10.2. The first-order valence-electron chi connectivity index (χ1n) is 5.07. The van der Waals surface area contributed by atoms with E-state index in [0.29, 0.717) is 10.9 Å². The number of aromatic nitrogens is 1. The number of aromatic amines is 1. The number of ether oxygens (including phenoxy) is 2. The van der Waals surface area contributed by atoms with E-state index in [1.165, 1.54) is 19.4 Å². The number of nitro benzene ring substituents is 1. The zero-order valence-corrected chi connectivity index (χ0v) is 9.50. The molecular weight excluding hydrogens is 240 g/mol. The molecule has 0 saturated carbocycles. The summed E-state index contributed by atoms with van der Waals surface area (Å²) in [6.45, 7) is -0.296. The van der Waals surface area contributed by atoms with Gasteiger partial charge in [0, 0.05) is 12.3 Å². The van der Waals surface area contributed by atoms with Gasteiger partial charge in [-0.2, -0.15) is 0 Å². The molecule has 0 fully saturated rings. The highest BCUT2D eigenvalue weighted by molar-refractivity contribution is 5.94. The van der Waals surface area contributed by atoms with Crippen LogP contribution in [0.4, 0.5) is 5.69 Å². The van der Waals surface area contributed by atoms with Crippen LogP contribution >= 0.6 is 0 Å². The van der Waals surface area contributed by atoms with Gasteiger partial charge in [0.05, 0.1) is 17.5 Å². The van der Waals surface area contributed by atoms with Crippen LogP contribution < -0.4 is 4.74 Å². The molecule has 0 unspecified atom stereocenters. The van der Waals surface area contributed by atoms with Gasteiger partial charge in [-0.15, -0.1) is 0 Å². The number of hydrogen-bond donors (Lipinski definition) is 1. The van der Waals surface area contributed by atoms with Crippen molar-refractivity contribution in [1.29, 1.82) is 0 Å². The third-order valence-corrected chi connectivity index (χ3v) is 2.42. The zero-order valence-electron chi connectivity index (χ0n) is 9.50. The molecular formula is C11H10N2O5. The van der Waals surface area contributed by atoms with E-state index in [9.17, 15) is 14.9 Å². The van der Waals surface area contributed by atoms with E-state index in [-0.39, 0.29) is 18.0 Å². The molecule has 0 saturated heterocycles. The molecule has 0 radical (unpaired) electrons. The van der Waals surface area contributed by atoms with E-state index in [4.69, 9.17) is 4.74 Å². The largest absolute Gasteiger partial charge is 0.479 e. The molecule has 1 aromatic heterocycles. The summed E-state index contributed by atoms with van der Waals surface area (Å²) in [4.78, 5) is 24.2. The number of rotatable bonds is 4. The number of H-pyrrole nitrogens is 1. The number of hydrogen-bond acceptors (Lipinski definition) is 5. The van der Waals surface area contributed by atoms with Crippen molar-refractivity contribution in [3.05, 3.63) is 34.5 Å². The van der Waals surface area contributed by atoms with Crippen molar-refractivity contribution in [2.75, 3.05) is 13.7 Å². The van der Waals surface area contributed by atoms with Crippen LogP contribution in [0.3, 0.4) is 0 Å². The minimum atomic E-state index is -0.553. The minimum absolute atomic E-state index is 0.0754. The number of nitro groups is 1. The summed E-state index contributed by atoms with van der Waals surface area (Å²) in [6.07, 6.45) is 1.47. The highest BCUT2D eigenvalue weighted by Gasteiger charge is 2.18. The van der Waals surface area contributed by atoms with E-state index >= 15 is 0 Å². The van der Waals surface area contributed by atoms with Gasteiger partial charge in [-0.1, -0.05) is 6.07 Å². The van der Waals surface area contributed by atoms with Crippen molar-refractivity contribution >= 4 is 22.6 Å². The Kier molecular flexibility index (Phi) is 3.13. The van der Waals surface area contributed by atoms with Crippen molar-refractivity contribution in [2.24, 2.45) is 0 Å². The SMILES string of the molecule is COC(=O)COc1c[nH]c2cccc([N+](=O)[O-])c12. The average Bonchev–Trinajstić information content (AvgIpc) is 2.78. The highest BCUT2D eigenvalue weighted by atomic mass is 16.6. The van der Waals surface area contributed by atoms with Gasteiger partial charge in [0.15, 0.2) is 12.4 Å². The number of nitrogens with zero attached hydrogens (tertiary/aromatic N) is 1. The quantitative estimate of drug-likeness (QED) is 0.505. The third kappa shape index (κ3) is 2.10. The van der Waals surface area contributed by atoms with Crippen LogP contribution in [0.1, 0.15) is 0 Å². The van der Waals surface area contributed by atoms with Crippen LogP contribution in [-0.2, 0) is 9.53 Å². The van der Waals surface area contributed by atoms with Gasteiger partial charge in [-0.3, -0.25) is 10.1 Å². The lowest BCUT2D eigenvalue weighted by Crippen LogP contribution is -2.12. The van der Waals surface area contributed by atoms with Crippen molar-refractivity contribution in [1.82, 2.24) is 4.98 Å². The average molecular weight is 250 g/mol. The zero-order chi connectivity index (χ0) is 13.1. The van der Waals surface area contributed by atoms with E-state index in [1.807, 2.05) is 0 Å². The molecule has 0 aliphatic heterocycles. The Morgan fingerprint density at radius 2 is 2.28 bits per heavy atom. The van der Waals surface area contributed by atoms with E-state index in [1.54, 1.807) is 12.1 Å². The number of carbonyl (C=O) groups excluding carboxylic acids is 1. The fourth-order valence-electron chi connectivity index (χ4n) is 1.60. The normalized spacial score (nSPS) is 10.3. The molecule has 0 aliphatic rings. The van der Waals surface area contributed by atoms with Crippen LogP contribution in [0, 0.1) is 10.1 Å². The van der Waals surface area contributed by atoms with Gasteiger partial charge >= 0.3 is 5.97 Å². The molecule has 0 bridgehead atoms. The molecule has 7 nitrogen and oxygen atoms in total. The van der Waals surface area contributed by atoms with Crippen molar-refractivity contribution < 1.29 is 19.2 Å². The number of nitrogens with one attached hydrogen (secondary N) is 1. The van der Waals surface area contributed by atoms with Gasteiger partial charge < -0.3 is 14.5 Å². The first-order chi connectivity index (χ1) is 8.63.